The maximum absolute atomic E-state index is 13.3. The summed E-state index contributed by atoms with van der Waals surface area (Å²) in [5.74, 6) is 0. The zero-order chi connectivity index (χ0) is 14.9. The molecule has 0 rings (SSSR count). The first kappa shape index (κ1) is 18.7. The van der Waals surface area contributed by atoms with Gasteiger partial charge in [-0.3, -0.25) is 0 Å². The van der Waals surface area contributed by atoms with Crippen LogP contribution in [0.5, 0.6) is 0 Å². The number of nitriles is 1. The Morgan fingerprint density at radius 3 is 2.05 bits per heavy atom. The second kappa shape index (κ2) is 9.56. The summed E-state index contributed by atoms with van der Waals surface area (Å²) < 4.78 is 15.5. The van der Waals surface area contributed by atoms with E-state index in [0.29, 0.717) is 12.6 Å². The third-order valence-corrected chi connectivity index (χ3v) is 7.12. The van der Waals surface area contributed by atoms with Gasteiger partial charge in [-0.2, -0.15) is 5.26 Å². The molecule has 19 heavy (non-hydrogen) atoms. The van der Waals surface area contributed by atoms with Crippen LogP contribution in [-0.2, 0) is 4.57 Å². The Kier molecular flexibility index (Phi) is 9.40. The predicted octanol–water partition coefficient (Wildman–Crippen LogP) is 4.88. The van der Waals surface area contributed by atoms with Crippen LogP contribution < -0.4 is 0 Å². The van der Waals surface area contributed by atoms with Gasteiger partial charge in [0, 0.05) is 30.8 Å². The van der Waals surface area contributed by atoms with E-state index in [1.54, 1.807) is 0 Å². The normalized spacial score (nSPS) is 14.9. The van der Waals surface area contributed by atoms with Crippen molar-refractivity contribution in [3.05, 3.63) is 0 Å². The summed E-state index contributed by atoms with van der Waals surface area (Å²) in [7, 11) is -2.39. The molecule has 0 aromatic carbocycles. The smallest absolute Gasteiger partial charge is 0.151 e. The van der Waals surface area contributed by atoms with Crippen molar-refractivity contribution in [1.29, 1.82) is 5.26 Å². The Morgan fingerprint density at radius 1 is 1.05 bits per heavy atom. The first-order valence-electron chi connectivity index (χ1n) is 7.63. The van der Waals surface area contributed by atoms with Gasteiger partial charge < -0.3 is 4.57 Å². The molecule has 0 aromatic rings. The quantitative estimate of drug-likeness (QED) is 0.425. The Morgan fingerprint density at radius 2 is 1.63 bits per heavy atom. The molecule has 0 saturated heterocycles. The van der Waals surface area contributed by atoms with Crippen LogP contribution in [0.4, 0.5) is 0 Å². The monoisotopic (exact) mass is 286 g/mol. The van der Waals surface area contributed by atoms with E-state index in [4.69, 9.17) is 5.26 Å². The molecule has 0 N–H and O–H groups in total. The fourth-order valence-electron chi connectivity index (χ4n) is 2.79. The van der Waals surface area contributed by atoms with Gasteiger partial charge in [-0.1, -0.05) is 26.2 Å². The van der Waals surface area contributed by atoms with Crippen LogP contribution in [0.2, 0.25) is 0 Å². The average Bonchev–Trinajstić information content (AvgIpc) is 2.31. The first-order chi connectivity index (χ1) is 8.89. The number of rotatable bonds is 10. The fourth-order valence-corrected chi connectivity index (χ4v) is 6.33. The lowest BCUT2D eigenvalue weighted by molar-refractivity contribution is 0.298. The van der Waals surface area contributed by atoms with Crippen LogP contribution >= 0.6 is 7.29 Å². The van der Waals surface area contributed by atoms with Crippen molar-refractivity contribution in [1.82, 2.24) is 4.67 Å². The van der Waals surface area contributed by atoms with Crippen LogP contribution in [-0.4, -0.2) is 29.1 Å². The summed E-state index contributed by atoms with van der Waals surface area (Å²) in [6.07, 6.45) is 6.30. The molecular weight excluding hydrogens is 255 g/mol. The van der Waals surface area contributed by atoms with Gasteiger partial charge in [0.2, 0.25) is 0 Å². The zero-order valence-electron chi connectivity index (χ0n) is 13.4. The third-order valence-electron chi connectivity index (χ3n) is 3.41. The molecule has 0 radical (unpaired) electrons. The topological polar surface area (TPSA) is 44.1 Å². The van der Waals surface area contributed by atoms with E-state index in [-0.39, 0.29) is 12.1 Å². The highest BCUT2D eigenvalue weighted by molar-refractivity contribution is 7.61. The maximum atomic E-state index is 13.3. The predicted molar refractivity (Wildman–Crippen MR) is 83.8 cm³/mol. The summed E-state index contributed by atoms with van der Waals surface area (Å²) in [6, 6.07) is 2.71. The van der Waals surface area contributed by atoms with Crippen molar-refractivity contribution in [2.24, 2.45) is 0 Å². The molecule has 0 amide bonds. The van der Waals surface area contributed by atoms with Crippen LogP contribution in [0.1, 0.15) is 66.7 Å². The van der Waals surface area contributed by atoms with Crippen LogP contribution in [0.3, 0.4) is 0 Å². The summed E-state index contributed by atoms with van der Waals surface area (Å²) in [5, 5.41) is 8.81. The van der Waals surface area contributed by atoms with Crippen LogP contribution in [0, 0.1) is 11.3 Å². The van der Waals surface area contributed by atoms with E-state index >= 15 is 0 Å². The summed E-state index contributed by atoms with van der Waals surface area (Å²) in [4.78, 5) is 0. The lowest BCUT2D eigenvalue weighted by atomic mass is 10.2. The highest BCUT2D eigenvalue weighted by atomic mass is 31.2. The minimum absolute atomic E-state index is 0.274. The molecule has 0 spiro atoms. The molecule has 0 aliphatic rings. The molecule has 0 aliphatic heterocycles. The number of hydrogen-bond donors (Lipinski definition) is 0. The van der Waals surface area contributed by atoms with Crippen LogP contribution in [0.25, 0.3) is 0 Å². The largest absolute Gasteiger partial charge is 0.306 e. The first-order valence-corrected chi connectivity index (χ1v) is 9.66. The second-order valence-corrected chi connectivity index (χ2v) is 8.88. The van der Waals surface area contributed by atoms with Gasteiger partial charge in [-0.05, 0) is 34.1 Å². The van der Waals surface area contributed by atoms with E-state index in [1.807, 2.05) is 0 Å². The molecule has 4 heteroatoms. The van der Waals surface area contributed by atoms with Crippen molar-refractivity contribution < 1.29 is 4.57 Å². The van der Waals surface area contributed by atoms with Crippen molar-refractivity contribution in [2.45, 2.75) is 78.8 Å². The van der Waals surface area contributed by atoms with Crippen molar-refractivity contribution in [3.63, 3.8) is 0 Å². The number of unbranched alkanes of at least 4 members (excludes halogenated alkanes) is 3. The molecule has 0 heterocycles. The van der Waals surface area contributed by atoms with Crippen molar-refractivity contribution in [2.75, 3.05) is 12.3 Å². The maximum Gasteiger partial charge on any atom is 0.151 e. The molecule has 3 nitrogen and oxygen atoms in total. The molecule has 0 saturated carbocycles. The Bertz CT molecular complexity index is 313. The molecule has 1 unspecified atom stereocenters. The van der Waals surface area contributed by atoms with E-state index in [9.17, 15) is 4.57 Å². The minimum atomic E-state index is -2.39. The second-order valence-electron chi connectivity index (χ2n) is 5.83. The Hall–Kier alpha value is -0.320. The molecule has 0 aromatic heterocycles. The number of hydrogen-bond acceptors (Lipinski definition) is 2. The van der Waals surface area contributed by atoms with Crippen LogP contribution in [0.15, 0.2) is 0 Å². The average molecular weight is 286 g/mol. The van der Waals surface area contributed by atoms with Crippen molar-refractivity contribution >= 4 is 7.29 Å². The van der Waals surface area contributed by atoms with Gasteiger partial charge in [0.1, 0.15) is 0 Å². The van der Waals surface area contributed by atoms with Gasteiger partial charge in [-0.25, -0.2) is 4.67 Å². The van der Waals surface area contributed by atoms with Gasteiger partial charge in [0.25, 0.3) is 0 Å². The van der Waals surface area contributed by atoms with Gasteiger partial charge >= 0.3 is 0 Å². The number of nitrogens with zero attached hydrogens (tertiary/aromatic N) is 2. The van der Waals surface area contributed by atoms with E-state index < -0.39 is 7.29 Å². The summed E-state index contributed by atoms with van der Waals surface area (Å²) in [5.41, 5.74) is 0. The van der Waals surface area contributed by atoms with E-state index in [2.05, 4.69) is 45.4 Å². The van der Waals surface area contributed by atoms with Gasteiger partial charge in [-0.15, -0.1) is 0 Å². The summed E-state index contributed by atoms with van der Waals surface area (Å²) in [6.45, 7) is 10.6. The minimum Gasteiger partial charge on any atom is -0.306 e. The molecule has 0 fully saturated rings. The molecule has 1 atom stereocenters. The molecule has 0 bridgehead atoms. The summed E-state index contributed by atoms with van der Waals surface area (Å²) >= 11 is 0. The lowest BCUT2D eigenvalue weighted by Gasteiger charge is -2.38. The highest BCUT2D eigenvalue weighted by Gasteiger charge is 2.33. The van der Waals surface area contributed by atoms with Gasteiger partial charge in [0.05, 0.1) is 6.07 Å². The SMILES string of the molecule is CCCCCCP(=O)(CCC#N)N(C(C)C)C(C)C. The lowest BCUT2D eigenvalue weighted by Crippen LogP contribution is -2.36. The van der Waals surface area contributed by atoms with Gasteiger partial charge in [0.15, 0.2) is 7.29 Å². The fraction of sp³-hybridized carbons (Fsp3) is 0.933. The molecule has 0 aliphatic carbocycles. The highest BCUT2D eigenvalue weighted by Crippen LogP contribution is 2.53. The molecular formula is C15H31N2OP. The standard InChI is InChI=1S/C15H31N2OP/c1-6-7-8-9-12-19(18,13-10-11-16)17(14(2)3)15(4)5/h14-15H,6-10,12-13H2,1-5H3. The third kappa shape index (κ3) is 6.59. The van der Waals surface area contributed by atoms with E-state index in [1.165, 1.54) is 12.8 Å². The van der Waals surface area contributed by atoms with E-state index in [0.717, 1.165) is 19.0 Å². The Balaban J connectivity index is 4.82. The molecule has 112 valence electrons. The Labute approximate surface area is 119 Å². The van der Waals surface area contributed by atoms with Crippen molar-refractivity contribution in [3.8, 4) is 6.07 Å². The zero-order valence-corrected chi connectivity index (χ0v) is 14.2.